The standard InChI is InChI=1S/C18H17F3O3/c1-4-24-16(23)17(3,13(2)22)12-6-5-7-14-8-10-15(11-9-14)18(19,20)21/h7-12H,4H2,1-3H3. The zero-order valence-electron chi connectivity index (χ0n) is 13.5. The third-order valence-corrected chi connectivity index (χ3v) is 3.35. The number of hydrogen-bond acceptors (Lipinski definition) is 3. The number of alkyl halides is 3. The molecule has 0 radical (unpaired) electrons. The molecule has 1 aromatic carbocycles. The molecule has 0 N–H and O–H groups in total. The minimum absolute atomic E-state index is 0.140. The summed E-state index contributed by atoms with van der Waals surface area (Å²) in [6, 6.07) is 4.48. The number of esters is 1. The quantitative estimate of drug-likeness (QED) is 0.459. The molecule has 0 saturated heterocycles. The van der Waals surface area contributed by atoms with Crippen LogP contribution >= 0.6 is 0 Å². The molecule has 0 spiro atoms. The van der Waals surface area contributed by atoms with Gasteiger partial charge in [0, 0.05) is 0 Å². The smallest absolute Gasteiger partial charge is 0.416 e. The van der Waals surface area contributed by atoms with E-state index in [0.717, 1.165) is 12.1 Å². The van der Waals surface area contributed by atoms with Crippen LogP contribution in [0, 0.1) is 5.41 Å². The maximum atomic E-state index is 12.5. The van der Waals surface area contributed by atoms with E-state index in [1.165, 1.54) is 38.1 Å². The fraction of sp³-hybridized carbons (Fsp3) is 0.333. The zero-order valence-corrected chi connectivity index (χ0v) is 13.5. The molecule has 1 atom stereocenters. The first-order valence-corrected chi connectivity index (χ1v) is 7.15. The van der Waals surface area contributed by atoms with Crippen molar-refractivity contribution in [1.82, 2.24) is 0 Å². The van der Waals surface area contributed by atoms with E-state index in [1.807, 2.05) is 0 Å². The Morgan fingerprint density at radius 3 is 2.21 bits per heavy atom. The number of carbonyl (C=O) groups is 2. The molecular weight excluding hydrogens is 321 g/mol. The number of benzene rings is 1. The molecule has 0 saturated carbocycles. The van der Waals surface area contributed by atoms with Gasteiger partial charge in [-0.1, -0.05) is 23.6 Å². The van der Waals surface area contributed by atoms with Gasteiger partial charge in [-0.2, -0.15) is 13.2 Å². The van der Waals surface area contributed by atoms with Crippen LogP contribution in [0.4, 0.5) is 13.2 Å². The monoisotopic (exact) mass is 338 g/mol. The van der Waals surface area contributed by atoms with Crippen molar-refractivity contribution in [2.75, 3.05) is 6.61 Å². The molecule has 1 unspecified atom stereocenters. The Morgan fingerprint density at radius 1 is 1.17 bits per heavy atom. The van der Waals surface area contributed by atoms with E-state index in [9.17, 15) is 22.8 Å². The summed E-state index contributed by atoms with van der Waals surface area (Å²) in [4.78, 5) is 23.5. The van der Waals surface area contributed by atoms with Crippen LogP contribution in [0.3, 0.4) is 0 Å². The van der Waals surface area contributed by atoms with Gasteiger partial charge in [0.2, 0.25) is 0 Å². The Bertz CT molecular complexity index is 704. The largest absolute Gasteiger partial charge is 0.465 e. The van der Waals surface area contributed by atoms with Crippen molar-refractivity contribution in [1.29, 1.82) is 0 Å². The predicted octanol–water partition coefficient (Wildman–Crippen LogP) is 4.19. The van der Waals surface area contributed by atoms with E-state index in [2.05, 4.69) is 11.5 Å². The summed E-state index contributed by atoms with van der Waals surface area (Å²) >= 11 is 0. The highest BCUT2D eigenvalue weighted by atomic mass is 19.4. The van der Waals surface area contributed by atoms with Crippen LogP contribution in [0.2, 0.25) is 0 Å². The van der Waals surface area contributed by atoms with Crippen LogP contribution in [-0.4, -0.2) is 18.4 Å². The fourth-order valence-corrected chi connectivity index (χ4v) is 1.66. The Balaban J connectivity index is 3.04. The molecule has 1 rings (SSSR count). The van der Waals surface area contributed by atoms with Gasteiger partial charge in [0.15, 0.2) is 5.78 Å². The third-order valence-electron chi connectivity index (χ3n) is 3.35. The highest BCUT2D eigenvalue weighted by molar-refractivity contribution is 6.04. The van der Waals surface area contributed by atoms with E-state index in [4.69, 9.17) is 4.74 Å². The molecule has 0 heterocycles. The number of Topliss-reactive ketones (excluding diaryl/α,β-unsaturated/α-hetero) is 1. The minimum atomic E-state index is -4.39. The molecule has 0 bridgehead atoms. The molecule has 24 heavy (non-hydrogen) atoms. The fourth-order valence-electron chi connectivity index (χ4n) is 1.66. The lowest BCUT2D eigenvalue weighted by Crippen LogP contribution is -2.34. The average Bonchev–Trinajstić information content (AvgIpc) is 2.51. The molecular formula is C18H17F3O3. The predicted molar refractivity (Wildman–Crippen MR) is 82.9 cm³/mol. The van der Waals surface area contributed by atoms with Crippen LogP contribution in [-0.2, 0) is 20.5 Å². The summed E-state index contributed by atoms with van der Waals surface area (Å²) in [5, 5.41) is 0. The Morgan fingerprint density at radius 2 is 1.75 bits per heavy atom. The molecule has 128 valence electrons. The number of ketones is 1. The molecule has 0 aliphatic rings. The lowest BCUT2D eigenvalue weighted by molar-refractivity contribution is -0.155. The van der Waals surface area contributed by atoms with E-state index in [-0.39, 0.29) is 6.61 Å². The van der Waals surface area contributed by atoms with Crippen molar-refractivity contribution in [2.24, 2.45) is 5.41 Å². The van der Waals surface area contributed by atoms with Crippen molar-refractivity contribution >= 4 is 17.8 Å². The molecule has 0 aliphatic heterocycles. The van der Waals surface area contributed by atoms with Gasteiger partial charge in [-0.3, -0.25) is 9.59 Å². The lowest BCUT2D eigenvalue weighted by Gasteiger charge is -2.18. The SMILES string of the molecule is CCOC(=O)C(C)(C=C=C=Cc1ccc(C(F)(F)F)cc1)C(C)=O. The lowest BCUT2D eigenvalue weighted by atomic mass is 9.86. The normalized spacial score (nSPS) is 13.1. The second-order valence-corrected chi connectivity index (χ2v) is 5.18. The molecule has 6 heteroatoms. The number of hydrogen-bond donors (Lipinski definition) is 0. The first-order valence-electron chi connectivity index (χ1n) is 7.15. The third kappa shape index (κ3) is 4.98. The number of ether oxygens (including phenoxy) is 1. The molecule has 3 nitrogen and oxygen atoms in total. The van der Waals surface area contributed by atoms with E-state index < -0.39 is 28.9 Å². The first kappa shape index (κ1) is 19.5. The molecule has 0 fully saturated rings. The zero-order chi connectivity index (χ0) is 18.4. The van der Waals surface area contributed by atoms with Gasteiger partial charge >= 0.3 is 12.1 Å². The summed E-state index contributed by atoms with van der Waals surface area (Å²) in [7, 11) is 0. The minimum Gasteiger partial charge on any atom is -0.465 e. The number of halogens is 3. The van der Waals surface area contributed by atoms with Gasteiger partial charge in [-0.25, -0.2) is 0 Å². The van der Waals surface area contributed by atoms with E-state index in [0.29, 0.717) is 5.56 Å². The second-order valence-electron chi connectivity index (χ2n) is 5.18. The van der Waals surface area contributed by atoms with Crippen molar-refractivity contribution in [2.45, 2.75) is 26.9 Å². The van der Waals surface area contributed by atoms with Crippen LogP contribution in [0.1, 0.15) is 31.9 Å². The van der Waals surface area contributed by atoms with Crippen molar-refractivity contribution < 1.29 is 27.5 Å². The highest BCUT2D eigenvalue weighted by Gasteiger charge is 2.37. The van der Waals surface area contributed by atoms with Gasteiger partial charge < -0.3 is 4.74 Å². The summed E-state index contributed by atoms with van der Waals surface area (Å²) in [5.74, 6) is -1.11. The molecule has 0 aromatic heterocycles. The van der Waals surface area contributed by atoms with Crippen molar-refractivity contribution in [3.05, 3.63) is 52.9 Å². The van der Waals surface area contributed by atoms with Gasteiger partial charge in [-0.15, -0.1) is 0 Å². The van der Waals surface area contributed by atoms with Crippen LogP contribution < -0.4 is 0 Å². The average molecular weight is 338 g/mol. The number of rotatable bonds is 5. The van der Waals surface area contributed by atoms with E-state index >= 15 is 0 Å². The maximum absolute atomic E-state index is 12.5. The summed E-state index contributed by atoms with van der Waals surface area (Å²) in [6.07, 6.45) is -1.77. The van der Waals surface area contributed by atoms with Gasteiger partial charge in [-0.05, 0) is 50.6 Å². The van der Waals surface area contributed by atoms with Crippen LogP contribution in [0.5, 0.6) is 0 Å². The Hall–Kier alpha value is -2.55. The summed E-state index contributed by atoms with van der Waals surface area (Å²) in [6.45, 7) is 4.43. The van der Waals surface area contributed by atoms with Crippen molar-refractivity contribution in [3.8, 4) is 0 Å². The van der Waals surface area contributed by atoms with Crippen LogP contribution in [0.25, 0.3) is 6.08 Å². The van der Waals surface area contributed by atoms with Gasteiger partial charge in [0.1, 0.15) is 5.41 Å². The maximum Gasteiger partial charge on any atom is 0.416 e. The van der Waals surface area contributed by atoms with Gasteiger partial charge in [0.05, 0.1) is 12.2 Å². The molecule has 0 aliphatic carbocycles. The van der Waals surface area contributed by atoms with E-state index in [1.54, 1.807) is 6.92 Å². The summed E-state index contributed by atoms with van der Waals surface area (Å²) in [5.41, 5.74) is 3.42. The summed E-state index contributed by atoms with van der Waals surface area (Å²) < 4.78 is 42.2. The molecule has 1 aromatic rings. The topological polar surface area (TPSA) is 43.4 Å². The second kappa shape index (κ2) is 7.82. The Labute approximate surface area is 138 Å². The number of carbonyl (C=O) groups excluding carboxylic acids is 2. The Kier molecular flexibility index (Phi) is 6.35. The highest BCUT2D eigenvalue weighted by Crippen LogP contribution is 2.29. The molecule has 0 amide bonds. The first-order chi connectivity index (χ1) is 11.1. The van der Waals surface area contributed by atoms with Crippen molar-refractivity contribution in [3.63, 3.8) is 0 Å². The van der Waals surface area contributed by atoms with Crippen LogP contribution in [0.15, 0.2) is 41.8 Å². The van der Waals surface area contributed by atoms with Gasteiger partial charge in [0.25, 0.3) is 0 Å².